The molecule has 3 heterocycles. The Morgan fingerprint density at radius 3 is 2.62 bits per heavy atom. The summed E-state index contributed by atoms with van der Waals surface area (Å²) in [5, 5.41) is 22.5. The lowest BCUT2D eigenvalue weighted by Gasteiger charge is -2.18. The molecule has 37 heavy (non-hydrogen) atoms. The van der Waals surface area contributed by atoms with Crippen molar-refractivity contribution in [3.05, 3.63) is 36.2 Å². The summed E-state index contributed by atoms with van der Waals surface area (Å²) in [6.45, 7) is 2.92. The molecule has 16 heteroatoms. The highest BCUT2D eigenvalue weighted by Gasteiger charge is 2.34. The molecule has 1 fully saturated rings. The normalized spacial score (nSPS) is 17.4. The van der Waals surface area contributed by atoms with Gasteiger partial charge in [-0.2, -0.15) is 5.21 Å². The summed E-state index contributed by atoms with van der Waals surface area (Å²) in [7, 11) is -8.90. The summed E-state index contributed by atoms with van der Waals surface area (Å²) >= 11 is 0. The minimum Gasteiger partial charge on any atom is -0.342 e. The molecule has 5 rings (SSSR count). The van der Waals surface area contributed by atoms with Gasteiger partial charge in [0.15, 0.2) is 0 Å². The van der Waals surface area contributed by atoms with E-state index in [2.05, 4.69) is 40.6 Å². The van der Waals surface area contributed by atoms with Gasteiger partial charge in [-0.05, 0) is 42.8 Å². The monoisotopic (exact) mass is 546 g/mol. The number of nitrogens with two attached hydrogens (primary N) is 2. The van der Waals surface area contributed by atoms with Crippen LogP contribution in [0.3, 0.4) is 0 Å². The molecule has 2 atom stereocenters. The van der Waals surface area contributed by atoms with Crippen molar-refractivity contribution in [1.82, 2.24) is 40.6 Å². The van der Waals surface area contributed by atoms with Crippen LogP contribution in [-0.4, -0.2) is 72.6 Å². The van der Waals surface area contributed by atoms with Crippen LogP contribution in [0.15, 0.2) is 40.1 Å². The first-order chi connectivity index (χ1) is 17.5. The quantitative estimate of drug-likeness (QED) is 0.167. The summed E-state index contributed by atoms with van der Waals surface area (Å²) < 4.78 is 55.3. The fourth-order valence-electron chi connectivity index (χ4n) is 4.51. The number of tetrazole rings is 1. The Balaban J connectivity index is 1.78. The minimum absolute atomic E-state index is 0.104. The molecule has 4 aromatic rings. The van der Waals surface area contributed by atoms with Crippen LogP contribution in [0, 0.1) is 0 Å². The molecule has 196 valence electrons. The predicted octanol–water partition coefficient (Wildman–Crippen LogP) is -0.413. The molecule has 14 nitrogen and oxygen atoms in total. The first-order valence-corrected chi connectivity index (χ1v) is 14.5. The van der Waals surface area contributed by atoms with Gasteiger partial charge < -0.3 is 16.0 Å². The second-order valence-electron chi connectivity index (χ2n) is 8.97. The maximum atomic E-state index is 13.4. The molecule has 2 unspecified atom stereocenters. The van der Waals surface area contributed by atoms with E-state index in [1.54, 1.807) is 12.1 Å². The SMILES string of the molecule is CC(N)Cc1nc2c(-c3ccc(S(=O)(=O)NC4CCNC4)c(S(N)(=O)=O)c3-c3nn[nH]n3)cccc2[nH]1. The number of rotatable bonds is 8. The van der Waals surface area contributed by atoms with E-state index in [9.17, 15) is 16.8 Å². The highest BCUT2D eigenvalue weighted by atomic mass is 32.2. The number of hydrogen-bond donors (Lipinski definition) is 6. The molecule has 8 N–H and O–H groups in total. The number of nitrogens with one attached hydrogen (secondary N) is 4. The number of primary sulfonamides is 1. The molecule has 0 spiro atoms. The predicted molar refractivity (Wildman–Crippen MR) is 135 cm³/mol. The lowest BCUT2D eigenvalue weighted by atomic mass is 9.98. The van der Waals surface area contributed by atoms with Gasteiger partial charge in [-0.1, -0.05) is 18.2 Å². The summed E-state index contributed by atoms with van der Waals surface area (Å²) in [5.74, 6) is 0.515. The molecule has 1 saturated heterocycles. The van der Waals surface area contributed by atoms with Crippen molar-refractivity contribution in [3.63, 3.8) is 0 Å². The summed E-state index contributed by atoms with van der Waals surface area (Å²) in [6.07, 6.45) is 1.05. The van der Waals surface area contributed by atoms with Crippen molar-refractivity contribution in [2.24, 2.45) is 10.9 Å². The zero-order valence-corrected chi connectivity index (χ0v) is 21.4. The fraction of sp³-hybridized carbons (Fsp3) is 0.333. The number of fused-ring (bicyclic) bond motifs is 1. The average molecular weight is 547 g/mol. The van der Waals surface area contributed by atoms with E-state index in [-0.39, 0.29) is 17.4 Å². The van der Waals surface area contributed by atoms with Gasteiger partial charge in [0.05, 0.1) is 16.6 Å². The van der Waals surface area contributed by atoms with E-state index in [0.717, 1.165) is 0 Å². The number of H-pyrrole nitrogens is 2. The molecular formula is C21H26N10O4S2. The van der Waals surface area contributed by atoms with Crippen molar-refractivity contribution in [2.75, 3.05) is 13.1 Å². The largest absolute Gasteiger partial charge is 0.342 e. The van der Waals surface area contributed by atoms with Crippen LogP contribution in [0.2, 0.25) is 0 Å². The Kier molecular flexibility index (Phi) is 6.55. The van der Waals surface area contributed by atoms with Crippen LogP contribution in [0.25, 0.3) is 33.5 Å². The number of benzene rings is 2. The van der Waals surface area contributed by atoms with Crippen molar-refractivity contribution in [2.45, 2.75) is 41.6 Å². The smallest absolute Gasteiger partial charge is 0.242 e. The fourth-order valence-corrected chi connectivity index (χ4v) is 7.38. The van der Waals surface area contributed by atoms with Gasteiger partial charge in [-0.3, -0.25) is 0 Å². The van der Waals surface area contributed by atoms with Gasteiger partial charge >= 0.3 is 0 Å². The molecular weight excluding hydrogens is 520 g/mol. The number of hydrogen-bond acceptors (Lipinski definition) is 10. The molecule has 0 bridgehead atoms. The van der Waals surface area contributed by atoms with E-state index in [0.29, 0.717) is 53.9 Å². The van der Waals surface area contributed by atoms with Crippen molar-refractivity contribution >= 4 is 31.1 Å². The number of nitrogens with zero attached hydrogens (tertiary/aromatic N) is 4. The van der Waals surface area contributed by atoms with E-state index in [4.69, 9.17) is 10.9 Å². The Morgan fingerprint density at radius 2 is 1.97 bits per heavy atom. The zero-order chi connectivity index (χ0) is 26.4. The Bertz CT molecular complexity index is 1660. The van der Waals surface area contributed by atoms with Gasteiger partial charge in [0.1, 0.15) is 15.6 Å². The van der Waals surface area contributed by atoms with Crippen molar-refractivity contribution < 1.29 is 16.8 Å². The molecule has 2 aromatic heterocycles. The Hall–Kier alpha value is -3.28. The molecule has 1 aliphatic rings. The van der Waals surface area contributed by atoms with Gasteiger partial charge in [0.2, 0.25) is 25.9 Å². The van der Waals surface area contributed by atoms with E-state index in [1.807, 2.05) is 13.0 Å². The number of aromatic amines is 2. The summed E-state index contributed by atoms with van der Waals surface area (Å²) in [4.78, 5) is 6.75. The van der Waals surface area contributed by atoms with E-state index >= 15 is 0 Å². The highest BCUT2D eigenvalue weighted by Crippen LogP contribution is 2.40. The number of aromatic nitrogens is 6. The topological polar surface area (TPSA) is 228 Å². The van der Waals surface area contributed by atoms with Gasteiger partial charge in [-0.25, -0.2) is 31.7 Å². The summed E-state index contributed by atoms with van der Waals surface area (Å²) in [5.41, 5.74) is 7.89. The molecule has 0 radical (unpaired) electrons. The molecule has 0 amide bonds. The highest BCUT2D eigenvalue weighted by molar-refractivity contribution is 7.92. The first kappa shape index (κ1) is 25.4. The molecule has 2 aromatic carbocycles. The third kappa shape index (κ3) is 4.98. The van der Waals surface area contributed by atoms with Crippen molar-refractivity contribution in [1.29, 1.82) is 0 Å². The van der Waals surface area contributed by atoms with Crippen LogP contribution in [-0.2, 0) is 26.5 Å². The maximum absolute atomic E-state index is 13.4. The lowest BCUT2D eigenvalue weighted by molar-refractivity contribution is 0.555. The van der Waals surface area contributed by atoms with Crippen molar-refractivity contribution in [3.8, 4) is 22.5 Å². The van der Waals surface area contributed by atoms with Crippen LogP contribution in [0.4, 0.5) is 0 Å². The Labute approximate surface area is 212 Å². The molecule has 1 aliphatic heterocycles. The standard InChI is InChI=1S/C21H26N10O4S2/c1-11(22)9-17-25-15-4-2-3-14(19(15)26-17)13-5-6-16(37(34,35)29-12-7-8-24-10-12)20(36(23,32)33)18(13)21-27-30-31-28-21/h2-6,11-12,24,29H,7-10,22H2,1H3,(H,25,26)(H2,23,32,33)(H,27,28,30,31). The number of sulfonamides is 2. The second-order valence-corrected chi connectivity index (χ2v) is 12.2. The van der Waals surface area contributed by atoms with Crippen LogP contribution in [0.5, 0.6) is 0 Å². The van der Waals surface area contributed by atoms with E-state index in [1.165, 1.54) is 12.1 Å². The minimum atomic E-state index is -4.60. The van der Waals surface area contributed by atoms with Gasteiger partial charge in [0.25, 0.3) is 0 Å². The van der Waals surface area contributed by atoms with Crippen LogP contribution >= 0.6 is 0 Å². The lowest BCUT2D eigenvalue weighted by Crippen LogP contribution is -2.37. The van der Waals surface area contributed by atoms with Gasteiger partial charge in [-0.15, -0.1) is 10.2 Å². The van der Waals surface area contributed by atoms with Crippen LogP contribution in [0.1, 0.15) is 19.2 Å². The molecule has 0 saturated carbocycles. The maximum Gasteiger partial charge on any atom is 0.242 e. The third-order valence-corrected chi connectivity index (χ3v) is 8.70. The first-order valence-electron chi connectivity index (χ1n) is 11.4. The van der Waals surface area contributed by atoms with Gasteiger partial charge in [0, 0.05) is 30.6 Å². The zero-order valence-electron chi connectivity index (χ0n) is 19.8. The molecule has 0 aliphatic carbocycles. The number of imidazole rings is 1. The Morgan fingerprint density at radius 1 is 1.16 bits per heavy atom. The third-order valence-electron chi connectivity index (χ3n) is 6.01. The average Bonchev–Trinajstić information content (AvgIpc) is 3.58. The number of para-hydroxylation sites is 1. The van der Waals surface area contributed by atoms with Crippen LogP contribution < -0.4 is 20.9 Å². The summed E-state index contributed by atoms with van der Waals surface area (Å²) in [6, 6.07) is 7.51. The van der Waals surface area contributed by atoms with E-state index < -0.39 is 35.9 Å². The second kappa shape index (κ2) is 9.55.